The summed E-state index contributed by atoms with van der Waals surface area (Å²) in [6.07, 6.45) is 6.93. The van der Waals surface area contributed by atoms with Gasteiger partial charge in [0, 0.05) is 0 Å². The molecular weight excluding hydrogens is 1390 g/mol. The van der Waals surface area contributed by atoms with Crippen LogP contribution in [0.3, 0.4) is 0 Å². The predicted molar refractivity (Wildman–Crippen MR) is 346 cm³/mol. The van der Waals surface area contributed by atoms with Crippen LogP contribution < -0.4 is 26.8 Å². The molecule has 6 aliphatic heterocycles. The minimum absolute atomic E-state index is 0.422. The molecule has 12 heteroatoms. The van der Waals surface area contributed by atoms with Gasteiger partial charge in [0.05, 0.1) is 0 Å². The van der Waals surface area contributed by atoms with E-state index in [0.29, 0.717) is 129 Å². The number of hydrogen-bond acceptors (Lipinski definition) is 6. The molecule has 0 aromatic heterocycles. The van der Waals surface area contributed by atoms with Gasteiger partial charge in [0.15, 0.2) is 0 Å². The van der Waals surface area contributed by atoms with Gasteiger partial charge in [-0.05, 0) is 0 Å². The number of aryl methyl sites for hydroxylation is 3. The maximum atomic E-state index is 10.0. The van der Waals surface area contributed by atoms with E-state index in [9.17, 15) is 30.6 Å². The average Bonchev–Trinajstić information content (AvgIpc) is 4.39. The SMILES string of the molecule is Cc1c(C)c2c(c(C)c1O)CC(C)(C)[Se]2.Cc1c(C)c2c(c(C)c1O)CC(C)[Se]2.Cc1c(O)cc2c(c1C)[Se]C(C)C2.Cc1cc(O)c(C)c2c1[Se]C(C)C2.Cc1cc2c(c(C)c1O)CC(C)[Se]2.Cc1cc2c(cc1O)CC(C)[Se]2. The molecule has 0 aliphatic carbocycles. The molecule has 0 saturated heterocycles. The van der Waals surface area contributed by atoms with Gasteiger partial charge < -0.3 is 0 Å². The molecule has 6 aromatic carbocycles. The Hall–Kier alpha value is -2.76. The standard InChI is InChI=1S/C13H18OSe.C12H16OSe.3C11H14OSe.C10H12OSe/c1-7-8(2)12-10(9(3)11(7)14)6-13(4,5)15-12;1-6-5-10-9(4)11(13)7(2)8(3)12(10)14-6;1-6-4-9-5-10(12)7(2)8(3)11(9)13-6;1-6-4-10-9(5-7(2)13-10)8(3)11(6)12;1-6-4-10(12)8(3)9-5-7(2)13-11(6)9;1-6-3-10-8(5-9(6)11)4-7(2)12-10/h14H,6H2,1-5H3;6,13H,5H2,1-4H3;5-6,12H,4H2,1-3H3;2*4,7,12H,5H2,1-3H3;3,5,7,11H,4H2,1-2H3. The van der Waals surface area contributed by atoms with E-state index in [1.165, 1.54) is 73.5 Å². The van der Waals surface area contributed by atoms with E-state index < -0.39 is 0 Å². The van der Waals surface area contributed by atoms with Gasteiger partial charge in [0.25, 0.3) is 0 Å². The molecule has 0 spiro atoms. The Bertz CT molecular complexity index is 3180. The number of phenols is 6. The van der Waals surface area contributed by atoms with Crippen molar-refractivity contribution in [2.75, 3.05) is 0 Å². The first kappa shape index (κ1) is 64.8. The Morgan fingerprint density at radius 1 is 0.338 bits per heavy atom. The van der Waals surface area contributed by atoms with Gasteiger partial charge in [-0.2, -0.15) is 0 Å². The Labute approximate surface area is 518 Å². The van der Waals surface area contributed by atoms with Crippen LogP contribution in [0.5, 0.6) is 34.5 Å². The van der Waals surface area contributed by atoms with Gasteiger partial charge in [-0.3, -0.25) is 0 Å². The summed E-state index contributed by atoms with van der Waals surface area (Å²) in [6, 6.07) is 10.1. The van der Waals surface area contributed by atoms with E-state index in [-0.39, 0.29) is 0 Å². The van der Waals surface area contributed by atoms with Crippen molar-refractivity contribution in [3.63, 3.8) is 0 Å². The van der Waals surface area contributed by atoms with E-state index >= 15 is 0 Å². The molecule has 0 fully saturated rings. The molecular formula is C68H88O6Se6. The van der Waals surface area contributed by atoms with Crippen LogP contribution in [0.1, 0.15) is 154 Å². The quantitative estimate of drug-likeness (QED) is 0.0843. The molecule has 432 valence electrons. The summed E-state index contributed by atoms with van der Waals surface area (Å²) in [7, 11) is 0. The fraction of sp³-hybridized carbons (Fsp3) is 0.471. The number of benzene rings is 6. The number of aromatic hydroxyl groups is 6. The van der Waals surface area contributed by atoms with Crippen molar-refractivity contribution < 1.29 is 30.6 Å². The van der Waals surface area contributed by atoms with Crippen molar-refractivity contribution in [3.8, 4) is 34.5 Å². The number of phenolic OH excluding ortho intramolecular Hbond substituents is 6. The average molecular weight is 1480 g/mol. The van der Waals surface area contributed by atoms with Crippen molar-refractivity contribution in [3.05, 3.63) is 136 Å². The summed E-state index contributed by atoms with van der Waals surface area (Å²) >= 11 is 3.67. The third kappa shape index (κ3) is 14.1. The van der Waals surface area contributed by atoms with Gasteiger partial charge in [-0.25, -0.2) is 0 Å². The fourth-order valence-electron chi connectivity index (χ4n) is 11.5. The Balaban J connectivity index is 0.000000139. The van der Waals surface area contributed by atoms with Crippen molar-refractivity contribution in [2.45, 2.75) is 205 Å². The van der Waals surface area contributed by atoms with Gasteiger partial charge in [-0.1, -0.05) is 0 Å². The van der Waals surface area contributed by atoms with Crippen LogP contribution in [0.25, 0.3) is 0 Å². The Morgan fingerprint density at radius 2 is 0.762 bits per heavy atom. The topological polar surface area (TPSA) is 121 Å². The molecule has 0 bridgehead atoms. The van der Waals surface area contributed by atoms with E-state index in [4.69, 9.17) is 0 Å². The summed E-state index contributed by atoms with van der Waals surface area (Å²) in [5.41, 5.74) is 23.4. The maximum absolute atomic E-state index is 10.0. The van der Waals surface area contributed by atoms with Crippen molar-refractivity contribution >= 4 is 117 Å². The first-order valence-corrected chi connectivity index (χ1v) is 39.2. The van der Waals surface area contributed by atoms with Gasteiger partial charge in [-0.15, -0.1) is 0 Å². The van der Waals surface area contributed by atoms with Crippen LogP contribution in [-0.2, 0) is 38.5 Å². The van der Waals surface area contributed by atoms with Crippen molar-refractivity contribution in [2.24, 2.45) is 0 Å². The molecule has 6 nitrogen and oxygen atoms in total. The fourth-order valence-corrected chi connectivity index (χ4v) is 28.0. The van der Waals surface area contributed by atoms with Crippen LogP contribution in [0, 0.1) is 90.0 Å². The molecule has 6 N–H and O–H groups in total. The second-order valence-electron chi connectivity index (χ2n) is 23.9. The Morgan fingerprint density at radius 3 is 1.39 bits per heavy atom. The normalized spacial score (nSPS) is 19.9. The molecule has 0 saturated carbocycles. The van der Waals surface area contributed by atoms with Gasteiger partial charge >= 0.3 is 523 Å². The molecule has 5 atom stereocenters. The molecule has 80 heavy (non-hydrogen) atoms. The zero-order chi connectivity index (χ0) is 59.3. The molecule has 0 radical (unpaired) electrons. The van der Waals surface area contributed by atoms with E-state index in [0.717, 1.165) is 113 Å². The van der Waals surface area contributed by atoms with Crippen molar-refractivity contribution in [1.29, 1.82) is 0 Å². The van der Waals surface area contributed by atoms with Crippen LogP contribution in [-0.4, -0.2) is 120 Å². The second-order valence-corrected chi connectivity index (χ2v) is 42.9. The first-order chi connectivity index (χ1) is 37.3. The molecule has 6 aliphatic rings. The zero-order valence-electron chi connectivity index (χ0n) is 51.1. The van der Waals surface area contributed by atoms with Crippen LogP contribution >= 0.6 is 0 Å². The molecule has 0 amide bonds. The summed E-state index contributed by atoms with van der Waals surface area (Å²) < 4.78 is 9.59. The van der Waals surface area contributed by atoms with Gasteiger partial charge in [0.2, 0.25) is 0 Å². The summed E-state index contributed by atoms with van der Waals surface area (Å²) in [5.74, 6) is 2.94. The van der Waals surface area contributed by atoms with Crippen LogP contribution in [0.15, 0.2) is 30.3 Å². The third-order valence-corrected chi connectivity index (χ3v) is 33.4. The van der Waals surface area contributed by atoms with Crippen molar-refractivity contribution in [1.82, 2.24) is 0 Å². The second kappa shape index (κ2) is 26.2. The van der Waals surface area contributed by atoms with E-state index in [2.05, 4.69) is 102 Å². The summed E-state index contributed by atoms with van der Waals surface area (Å²) in [4.78, 5) is 4.04. The molecule has 6 heterocycles. The first-order valence-electron chi connectivity index (χ1n) is 28.2. The Kier molecular flexibility index (Phi) is 21.3. The summed E-state index contributed by atoms with van der Waals surface area (Å²) in [5, 5.41) is 58.5. The number of hydrogen-bond donors (Lipinski definition) is 6. The number of rotatable bonds is 0. The number of fused-ring (bicyclic) bond motifs is 6. The third-order valence-electron chi connectivity index (χ3n) is 16.7. The van der Waals surface area contributed by atoms with E-state index in [1.54, 1.807) is 8.92 Å². The zero-order valence-corrected chi connectivity index (χ0v) is 61.4. The van der Waals surface area contributed by atoms with Crippen LogP contribution in [0.4, 0.5) is 0 Å². The monoisotopic (exact) mass is 1480 g/mol. The molecule has 6 aromatic rings. The van der Waals surface area contributed by atoms with E-state index in [1.807, 2.05) is 66.7 Å². The van der Waals surface area contributed by atoms with Gasteiger partial charge in [0.1, 0.15) is 0 Å². The predicted octanol–water partition coefficient (Wildman–Crippen LogP) is 10.9. The molecule has 5 unspecified atom stereocenters. The summed E-state index contributed by atoms with van der Waals surface area (Å²) in [6.45, 7) is 42.9. The van der Waals surface area contributed by atoms with Crippen LogP contribution in [0.2, 0.25) is 28.4 Å². The minimum atomic E-state index is 0.422. The molecule has 12 rings (SSSR count).